The van der Waals surface area contributed by atoms with Crippen LogP contribution in [0.2, 0.25) is 0 Å². The first-order valence-electron chi connectivity index (χ1n) is 8.21. The van der Waals surface area contributed by atoms with Gasteiger partial charge in [0.1, 0.15) is 0 Å². The highest BCUT2D eigenvalue weighted by Gasteiger charge is 2.15. The molecule has 0 heterocycles. The standard InChI is InChI=1S/C19H26N2O2S/c1-6-21(14(2)3)18-10-8-17(9-11-18)20-24(22,23)19-12-7-15(4)16(5)13-19/h7-14,20H,6H2,1-5H3. The molecule has 0 unspecified atom stereocenters. The average Bonchev–Trinajstić information content (AvgIpc) is 2.51. The van der Waals surface area contributed by atoms with Crippen molar-refractivity contribution < 1.29 is 8.42 Å². The molecule has 0 radical (unpaired) electrons. The van der Waals surface area contributed by atoms with Gasteiger partial charge in [-0.05, 0) is 82.1 Å². The molecule has 0 aliphatic heterocycles. The number of nitrogens with zero attached hydrogens (tertiary/aromatic N) is 1. The van der Waals surface area contributed by atoms with Gasteiger partial charge in [-0.15, -0.1) is 0 Å². The van der Waals surface area contributed by atoms with Gasteiger partial charge < -0.3 is 4.90 Å². The van der Waals surface area contributed by atoms with Crippen molar-refractivity contribution in [3.63, 3.8) is 0 Å². The summed E-state index contributed by atoms with van der Waals surface area (Å²) in [6, 6.07) is 13.1. The summed E-state index contributed by atoms with van der Waals surface area (Å²) in [4.78, 5) is 2.54. The minimum atomic E-state index is -3.57. The van der Waals surface area contributed by atoms with Crippen LogP contribution in [0.5, 0.6) is 0 Å². The van der Waals surface area contributed by atoms with Crippen LogP contribution in [0, 0.1) is 13.8 Å². The predicted molar refractivity (Wildman–Crippen MR) is 101 cm³/mol. The molecule has 1 N–H and O–H groups in total. The van der Waals surface area contributed by atoms with Gasteiger partial charge in [-0.3, -0.25) is 4.72 Å². The van der Waals surface area contributed by atoms with Crippen LogP contribution in [0.4, 0.5) is 11.4 Å². The maximum atomic E-state index is 12.5. The monoisotopic (exact) mass is 346 g/mol. The largest absolute Gasteiger partial charge is 0.369 e. The molecule has 0 aromatic heterocycles. The zero-order chi connectivity index (χ0) is 17.9. The Kier molecular flexibility index (Phi) is 5.54. The molecule has 2 rings (SSSR count). The number of sulfonamides is 1. The van der Waals surface area contributed by atoms with Crippen LogP contribution < -0.4 is 9.62 Å². The summed E-state index contributed by atoms with van der Waals surface area (Å²) in [6.45, 7) is 11.2. The van der Waals surface area contributed by atoms with E-state index in [-0.39, 0.29) is 4.90 Å². The normalized spacial score (nSPS) is 11.6. The van der Waals surface area contributed by atoms with E-state index in [2.05, 4.69) is 30.4 Å². The van der Waals surface area contributed by atoms with Crippen molar-refractivity contribution in [3.05, 3.63) is 53.6 Å². The minimum Gasteiger partial charge on any atom is -0.369 e. The molecule has 2 aromatic carbocycles. The Morgan fingerprint density at radius 2 is 1.62 bits per heavy atom. The van der Waals surface area contributed by atoms with E-state index >= 15 is 0 Å². The van der Waals surface area contributed by atoms with Gasteiger partial charge in [0, 0.05) is 24.0 Å². The lowest BCUT2D eigenvalue weighted by Crippen LogP contribution is -2.30. The first kappa shape index (κ1) is 18.3. The van der Waals surface area contributed by atoms with Gasteiger partial charge in [-0.1, -0.05) is 6.07 Å². The minimum absolute atomic E-state index is 0.284. The summed E-state index contributed by atoms with van der Waals surface area (Å²) < 4.78 is 27.7. The highest BCUT2D eigenvalue weighted by Crippen LogP contribution is 2.23. The first-order valence-corrected chi connectivity index (χ1v) is 9.69. The molecule has 0 saturated heterocycles. The van der Waals surface area contributed by atoms with Crippen LogP contribution in [0.1, 0.15) is 31.9 Å². The predicted octanol–water partition coefficient (Wildman–Crippen LogP) is 4.34. The molecule has 0 aliphatic carbocycles. The highest BCUT2D eigenvalue weighted by molar-refractivity contribution is 7.92. The van der Waals surface area contributed by atoms with E-state index in [1.165, 1.54) is 0 Å². The van der Waals surface area contributed by atoms with E-state index in [0.717, 1.165) is 23.4 Å². The van der Waals surface area contributed by atoms with Gasteiger partial charge >= 0.3 is 0 Å². The molecule has 130 valence electrons. The van der Waals surface area contributed by atoms with E-state index in [9.17, 15) is 8.42 Å². The quantitative estimate of drug-likeness (QED) is 0.846. The molecule has 0 fully saturated rings. The Morgan fingerprint density at radius 3 is 2.12 bits per heavy atom. The molecular formula is C19H26N2O2S. The summed E-state index contributed by atoms with van der Waals surface area (Å²) in [6.07, 6.45) is 0. The molecule has 0 bridgehead atoms. The topological polar surface area (TPSA) is 49.4 Å². The van der Waals surface area contributed by atoms with E-state index in [1.54, 1.807) is 24.3 Å². The molecule has 2 aromatic rings. The molecule has 0 saturated carbocycles. The van der Waals surface area contributed by atoms with Crippen molar-refractivity contribution in [1.82, 2.24) is 0 Å². The van der Waals surface area contributed by atoms with Gasteiger partial charge in [0.15, 0.2) is 0 Å². The summed E-state index contributed by atoms with van der Waals surface area (Å²) in [5.74, 6) is 0. The fourth-order valence-electron chi connectivity index (χ4n) is 2.66. The zero-order valence-electron chi connectivity index (χ0n) is 15.0. The summed E-state index contributed by atoms with van der Waals surface area (Å²) >= 11 is 0. The van der Waals surface area contributed by atoms with Crippen molar-refractivity contribution in [2.45, 2.75) is 45.6 Å². The molecule has 0 amide bonds. The highest BCUT2D eigenvalue weighted by atomic mass is 32.2. The Bertz CT molecular complexity index is 797. The SMILES string of the molecule is CCN(c1ccc(NS(=O)(=O)c2ccc(C)c(C)c2)cc1)C(C)C. The third kappa shape index (κ3) is 4.09. The number of aryl methyl sites for hydroxylation is 2. The molecular weight excluding hydrogens is 320 g/mol. The molecule has 4 nitrogen and oxygen atoms in total. The van der Waals surface area contributed by atoms with Crippen molar-refractivity contribution in [1.29, 1.82) is 0 Å². The number of rotatable bonds is 6. The second kappa shape index (κ2) is 7.26. The van der Waals surface area contributed by atoms with E-state index < -0.39 is 10.0 Å². The fraction of sp³-hybridized carbons (Fsp3) is 0.368. The van der Waals surface area contributed by atoms with Crippen LogP contribution in [0.3, 0.4) is 0 Å². The van der Waals surface area contributed by atoms with Crippen molar-refractivity contribution >= 4 is 21.4 Å². The van der Waals surface area contributed by atoms with Gasteiger partial charge in [0.05, 0.1) is 4.90 Å². The average molecular weight is 346 g/mol. The summed E-state index contributed by atoms with van der Waals surface area (Å²) in [5.41, 5.74) is 3.69. The first-order chi connectivity index (χ1) is 11.2. The summed E-state index contributed by atoms with van der Waals surface area (Å²) in [7, 11) is -3.57. The van der Waals surface area contributed by atoms with Crippen LogP contribution in [-0.2, 0) is 10.0 Å². The fourth-order valence-corrected chi connectivity index (χ4v) is 3.81. The number of nitrogens with one attached hydrogen (secondary N) is 1. The van der Waals surface area contributed by atoms with Gasteiger partial charge in [0.25, 0.3) is 10.0 Å². The second-order valence-electron chi connectivity index (χ2n) is 6.28. The Morgan fingerprint density at radius 1 is 1.00 bits per heavy atom. The lowest BCUT2D eigenvalue weighted by atomic mass is 10.1. The number of benzene rings is 2. The third-order valence-electron chi connectivity index (χ3n) is 4.20. The second-order valence-corrected chi connectivity index (χ2v) is 7.96. The maximum absolute atomic E-state index is 12.5. The molecule has 0 spiro atoms. The van der Waals surface area contributed by atoms with E-state index in [4.69, 9.17) is 0 Å². The number of hydrogen-bond acceptors (Lipinski definition) is 3. The van der Waals surface area contributed by atoms with Gasteiger partial charge in [0.2, 0.25) is 0 Å². The molecule has 24 heavy (non-hydrogen) atoms. The maximum Gasteiger partial charge on any atom is 0.261 e. The van der Waals surface area contributed by atoms with E-state index in [1.807, 2.05) is 32.0 Å². The van der Waals surface area contributed by atoms with Gasteiger partial charge in [-0.2, -0.15) is 0 Å². The lowest BCUT2D eigenvalue weighted by Gasteiger charge is -2.27. The molecule has 0 aliphatic rings. The van der Waals surface area contributed by atoms with Crippen molar-refractivity contribution in [3.8, 4) is 0 Å². The lowest BCUT2D eigenvalue weighted by molar-refractivity contribution is 0.601. The van der Waals surface area contributed by atoms with Crippen LogP contribution >= 0.6 is 0 Å². The number of hydrogen-bond donors (Lipinski definition) is 1. The Hall–Kier alpha value is -2.01. The summed E-state index contributed by atoms with van der Waals surface area (Å²) in [5, 5.41) is 0. The smallest absolute Gasteiger partial charge is 0.261 e. The Labute approximate surface area is 145 Å². The van der Waals surface area contributed by atoms with Gasteiger partial charge in [-0.25, -0.2) is 8.42 Å². The van der Waals surface area contributed by atoms with Crippen LogP contribution in [-0.4, -0.2) is 21.0 Å². The van der Waals surface area contributed by atoms with Crippen LogP contribution in [0.15, 0.2) is 47.4 Å². The molecule has 0 atom stereocenters. The van der Waals surface area contributed by atoms with Crippen molar-refractivity contribution in [2.75, 3.05) is 16.2 Å². The number of anilines is 2. The van der Waals surface area contributed by atoms with Crippen LogP contribution in [0.25, 0.3) is 0 Å². The molecule has 5 heteroatoms. The Balaban J connectivity index is 2.22. The van der Waals surface area contributed by atoms with E-state index in [0.29, 0.717) is 11.7 Å². The third-order valence-corrected chi connectivity index (χ3v) is 5.58. The van der Waals surface area contributed by atoms with Crippen molar-refractivity contribution in [2.24, 2.45) is 0 Å². The zero-order valence-corrected chi connectivity index (χ0v) is 15.8.